The maximum Gasteiger partial charge on any atom is 0.251 e. The molecule has 0 bridgehead atoms. The van der Waals surface area contributed by atoms with Gasteiger partial charge in [-0.3, -0.25) is 4.79 Å². The number of rotatable bonds is 7. The number of benzene rings is 1. The van der Waals surface area contributed by atoms with Crippen molar-refractivity contribution in [1.29, 1.82) is 0 Å². The summed E-state index contributed by atoms with van der Waals surface area (Å²) in [6.07, 6.45) is 4.72. The lowest BCUT2D eigenvalue weighted by Gasteiger charge is -2.23. The quantitative estimate of drug-likeness (QED) is 0.757. The molecular weight excluding hydrogens is 292 g/mol. The summed E-state index contributed by atoms with van der Waals surface area (Å²) in [5.41, 5.74) is 1.48. The number of hydrogen-bond donors (Lipinski definition) is 2. The lowest BCUT2D eigenvalue weighted by molar-refractivity contribution is 0.0944. The molecule has 0 spiro atoms. The van der Waals surface area contributed by atoms with E-state index in [-0.39, 0.29) is 5.91 Å². The summed E-state index contributed by atoms with van der Waals surface area (Å²) in [4.78, 5) is 12.5. The predicted octanol–water partition coefficient (Wildman–Crippen LogP) is 2.16. The van der Waals surface area contributed by atoms with E-state index in [0.717, 1.165) is 25.1 Å². The highest BCUT2D eigenvalue weighted by Crippen LogP contribution is 2.33. The first-order chi connectivity index (χ1) is 11.2. The Kier molecular flexibility index (Phi) is 6.47. The number of methoxy groups -OCH3 is 2. The fourth-order valence-electron chi connectivity index (χ4n) is 2.92. The largest absolute Gasteiger partial charge is 0.493 e. The molecule has 1 heterocycles. The van der Waals surface area contributed by atoms with Crippen LogP contribution in [0.4, 0.5) is 0 Å². The molecule has 0 aliphatic carbocycles. The van der Waals surface area contributed by atoms with Crippen LogP contribution in [0.25, 0.3) is 0 Å². The lowest BCUT2D eigenvalue weighted by Crippen LogP contribution is -2.38. The standard InChI is InChI=1S/C18H26N2O3/c1-4-6-14-9-15(10-16(22-2)17(14)23-3)18(21)20-12-13-7-5-8-19-11-13/h4,9-10,13,19H,1,5-8,11-12H2,2-3H3,(H,20,21). The minimum Gasteiger partial charge on any atom is -0.493 e. The van der Waals surface area contributed by atoms with E-state index < -0.39 is 0 Å². The van der Waals surface area contributed by atoms with E-state index in [1.807, 2.05) is 6.07 Å². The van der Waals surface area contributed by atoms with Crippen molar-refractivity contribution in [2.45, 2.75) is 19.3 Å². The van der Waals surface area contributed by atoms with E-state index in [0.29, 0.717) is 35.9 Å². The Labute approximate surface area is 138 Å². The van der Waals surface area contributed by atoms with Crippen LogP contribution >= 0.6 is 0 Å². The van der Waals surface area contributed by atoms with Crippen LogP contribution in [-0.4, -0.2) is 39.8 Å². The van der Waals surface area contributed by atoms with Crippen LogP contribution in [0.2, 0.25) is 0 Å². The Bertz CT molecular complexity index is 551. The van der Waals surface area contributed by atoms with Gasteiger partial charge < -0.3 is 20.1 Å². The molecule has 1 unspecified atom stereocenters. The van der Waals surface area contributed by atoms with Gasteiger partial charge in [0.2, 0.25) is 0 Å². The van der Waals surface area contributed by atoms with Crippen LogP contribution < -0.4 is 20.1 Å². The lowest BCUT2D eigenvalue weighted by atomic mass is 9.99. The van der Waals surface area contributed by atoms with Crippen molar-refractivity contribution in [3.63, 3.8) is 0 Å². The van der Waals surface area contributed by atoms with Crippen LogP contribution in [0.1, 0.15) is 28.8 Å². The van der Waals surface area contributed by atoms with Gasteiger partial charge >= 0.3 is 0 Å². The van der Waals surface area contributed by atoms with Gasteiger partial charge in [0.05, 0.1) is 14.2 Å². The zero-order chi connectivity index (χ0) is 16.7. The molecular formula is C18H26N2O3. The average Bonchev–Trinajstić information content (AvgIpc) is 2.60. The molecule has 1 aliphatic heterocycles. The SMILES string of the molecule is C=CCc1cc(C(=O)NCC2CCCNC2)cc(OC)c1OC. The monoisotopic (exact) mass is 318 g/mol. The Morgan fingerprint density at radius 2 is 2.26 bits per heavy atom. The molecule has 2 rings (SSSR count). The van der Waals surface area contributed by atoms with Gasteiger partial charge in [0.15, 0.2) is 11.5 Å². The minimum atomic E-state index is -0.0816. The number of nitrogens with one attached hydrogen (secondary N) is 2. The highest BCUT2D eigenvalue weighted by molar-refractivity contribution is 5.95. The summed E-state index contributed by atoms with van der Waals surface area (Å²) >= 11 is 0. The van der Waals surface area contributed by atoms with Crippen molar-refractivity contribution in [3.8, 4) is 11.5 Å². The smallest absolute Gasteiger partial charge is 0.251 e. The highest BCUT2D eigenvalue weighted by atomic mass is 16.5. The van der Waals surface area contributed by atoms with Crippen LogP contribution in [0.15, 0.2) is 24.8 Å². The summed E-state index contributed by atoms with van der Waals surface area (Å²) in [6, 6.07) is 3.57. The van der Waals surface area contributed by atoms with Crippen molar-refractivity contribution in [2.75, 3.05) is 33.9 Å². The minimum absolute atomic E-state index is 0.0816. The summed E-state index contributed by atoms with van der Waals surface area (Å²) in [7, 11) is 3.17. The van der Waals surface area contributed by atoms with E-state index in [9.17, 15) is 4.79 Å². The molecule has 1 saturated heterocycles. The molecule has 1 atom stereocenters. The third-order valence-corrected chi connectivity index (χ3v) is 4.13. The first-order valence-corrected chi connectivity index (χ1v) is 8.04. The van der Waals surface area contributed by atoms with Gasteiger partial charge in [0.1, 0.15) is 0 Å². The van der Waals surface area contributed by atoms with Crippen LogP contribution in [0.5, 0.6) is 11.5 Å². The summed E-state index contributed by atoms with van der Waals surface area (Å²) < 4.78 is 10.8. The van der Waals surface area contributed by atoms with Gasteiger partial charge in [0.25, 0.3) is 5.91 Å². The van der Waals surface area contributed by atoms with E-state index in [1.54, 1.807) is 26.4 Å². The maximum absolute atomic E-state index is 12.5. The molecule has 2 N–H and O–H groups in total. The predicted molar refractivity (Wildman–Crippen MR) is 91.4 cm³/mol. The molecule has 23 heavy (non-hydrogen) atoms. The first kappa shape index (κ1) is 17.3. The van der Waals surface area contributed by atoms with E-state index in [2.05, 4.69) is 17.2 Å². The number of amides is 1. The van der Waals surface area contributed by atoms with Gasteiger partial charge in [-0.15, -0.1) is 6.58 Å². The Morgan fingerprint density at radius 1 is 1.43 bits per heavy atom. The number of hydrogen-bond acceptors (Lipinski definition) is 4. The van der Waals surface area contributed by atoms with Crippen LogP contribution in [-0.2, 0) is 6.42 Å². The van der Waals surface area contributed by atoms with Gasteiger partial charge in [-0.05, 0) is 50.4 Å². The third kappa shape index (κ3) is 4.48. The Hall–Kier alpha value is -2.01. The second-order valence-corrected chi connectivity index (χ2v) is 5.79. The molecule has 0 aromatic heterocycles. The van der Waals surface area contributed by atoms with E-state index in [4.69, 9.17) is 9.47 Å². The molecule has 5 nitrogen and oxygen atoms in total. The second kappa shape index (κ2) is 8.58. The molecule has 126 valence electrons. The summed E-state index contributed by atoms with van der Waals surface area (Å²) in [6.45, 7) is 6.49. The molecule has 1 amide bonds. The number of piperidine rings is 1. The average molecular weight is 318 g/mol. The normalized spacial score (nSPS) is 17.4. The third-order valence-electron chi connectivity index (χ3n) is 4.13. The number of allylic oxidation sites excluding steroid dienone is 1. The molecule has 1 aliphatic rings. The molecule has 5 heteroatoms. The van der Waals surface area contributed by atoms with Crippen LogP contribution in [0.3, 0.4) is 0 Å². The van der Waals surface area contributed by atoms with Gasteiger partial charge in [-0.1, -0.05) is 6.08 Å². The van der Waals surface area contributed by atoms with Crippen molar-refractivity contribution in [3.05, 3.63) is 35.9 Å². The van der Waals surface area contributed by atoms with Crippen molar-refractivity contribution < 1.29 is 14.3 Å². The maximum atomic E-state index is 12.5. The van der Waals surface area contributed by atoms with Gasteiger partial charge in [-0.2, -0.15) is 0 Å². The van der Waals surface area contributed by atoms with E-state index >= 15 is 0 Å². The Morgan fingerprint density at radius 3 is 2.87 bits per heavy atom. The zero-order valence-electron chi connectivity index (χ0n) is 14.0. The molecule has 1 aromatic rings. The van der Waals surface area contributed by atoms with Crippen molar-refractivity contribution in [2.24, 2.45) is 5.92 Å². The fraction of sp³-hybridized carbons (Fsp3) is 0.500. The van der Waals surface area contributed by atoms with E-state index in [1.165, 1.54) is 6.42 Å². The zero-order valence-corrected chi connectivity index (χ0v) is 14.0. The van der Waals surface area contributed by atoms with Crippen molar-refractivity contribution in [1.82, 2.24) is 10.6 Å². The summed E-state index contributed by atoms with van der Waals surface area (Å²) in [5, 5.41) is 6.38. The molecule has 1 aromatic carbocycles. The van der Waals surface area contributed by atoms with Crippen molar-refractivity contribution >= 4 is 5.91 Å². The fourth-order valence-corrected chi connectivity index (χ4v) is 2.92. The molecule has 0 saturated carbocycles. The van der Waals surface area contributed by atoms with Gasteiger partial charge in [-0.25, -0.2) is 0 Å². The Balaban J connectivity index is 2.11. The van der Waals surface area contributed by atoms with Crippen LogP contribution in [0, 0.1) is 5.92 Å². The topological polar surface area (TPSA) is 59.6 Å². The molecule has 1 fully saturated rings. The number of carbonyl (C=O) groups excluding carboxylic acids is 1. The molecule has 0 radical (unpaired) electrons. The number of ether oxygens (including phenoxy) is 2. The number of carbonyl (C=O) groups is 1. The second-order valence-electron chi connectivity index (χ2n) is 5.79. The van der Waals surface area contributed by atoms with Gasteiger partial charge in [0, 0.05) is 17.7 Å². The highest BCUT2D eigenvalue weighted by Gasteiger charge is 2.18. The first-order valence-electron chi connectivity index (χ1n) is 8.04. The summed E-state index contributed by atoms with van der Waals surface area (Å²) in [5.74, 6) is 1.64.